The minimum Gasteiger partial charge on any atom is -0.437 e. The Morgan fingerprint density at radius 1 is 1.45 bits per heavy atom. The minimum atomic E-state index is 0.950. The molecular weight excluding hydrogens is 138 g/mol. The van der Waals surface area contributed by atoms with Gasteiger partial charge in [0.05, 0.1) is 5.69 Å². The van der Waals surface area contributed by atoms with E-state index in [4.69, 9.17) is 4.42 Å². The van der Waals surface area contributed by atoms with Gasteiger partial charge in [0, 0.05) is 6.42 Å². The molecule has 0 aromatic carbocycles. The molecule has 0 saturated heterocycles. The normalized spacial score (nSPS) is 10.4. The summed E-state index contributed by atoms with van der Waals surface area (Å²) in [5.41, 5.74) is 1.07. The van der Waals surface area contributed by atoms with E-state index in [1.54, 1.807) is 0 Å². The third-order valence-electron chi connectivity index (χ3n) is 1.76. The molecule has 11 heavy (non-hydrogen) atoms. The maximum atomic E-state index is 5.12. The topological polar surface area (TPSA) is 26.0 Å². The summed E-state index contributed by atoms with van der Waals surface area (Å²) in [6.07, 6.45) is 6.87. The largest absolute Gasteiger partial charge is 0.437 e. The highest BCUT2D eigenvalue weighted by Gasteiger charge is 2.04. The van der Waals surface area contributed by atoms with Crippen molar-refractivity contribution < 1.29 is 4.42 Å². The second-order valence-corrected chi connectivity index (χ2v) is 2.63. The van der Waals surface area contributed by atoms with Gasteiger partial charge in [-0.2, -0.15) is 0 Å². The van der Waals surface area contributed by atoms with Crippen molar-refractivity contribution in [2.75, 3.05) is 0 Å². The number of aromatic nitrogens is 1. The first-order chi connectivity index (χ1) is 5.38. The summed E-state index contributed by atoms with van der Waals surface area (Å²) in [4.78, 5) is 4.00. The third kappa shape index (κ3) is 2.07. The molecule has 1 radical (unpaired) electrons. The van der Waals surface area contributed by atoms with Gasteiger partial charge in [-0.05, 0) is 12.8 Å². The monoisotopic (exact) mass is 152 g/mol. The number of rotatable bonds is 4. The second-order valence-electron chi connectivity index (χ2n) is 2.63. The predicted octanol–water partition coefficient (Wildman–Crippen LogP) is 2.38. The molecule has 0 fully saturated rings. The van der Waals surface area contributed by atoms with Gasteiger partial charge >= 0.3 is 0 Å². The first-order valence-corrected chi connectivity index (χ1v) is 4.23. The van der Waals surface area contributed by atoms with Gasteiger partial charge in [-0.1, -0.05) is 20.3 Å². The molecule has 0 saturated carbocycles. The maximum absolute atomic E-state index is 5.12. The number of unbranched alkanes of at least 4 members (excludes halogenated alkanes) is 1. The van der Waals surface area contributed by atoms with E-state index in [0.29, 0.717) is 0 Å². The predicted molar refractivity (Wildman–Crippen MR) is 43.3 cm³/mol. The summed E-state index contributed by atoms with van der Waals surface area (Å²) < 4.78 is 5.12. The van der Waals surface area contributed by atoms with Gasteiger partial charge in [0.25, 0.3) is 6.39 Å². The lowest BCUT2D eigenvalue weighted by Crippen LogP contribution is -1.88. The van der Waals surface area contributed by atoms with Crippen molar-refractivity contribution >= 4 is 0 Å². The number of oxazole rings is 1. The summed E-state index contributed by atoms with van der Waals surface area (Å²) in [7, 11) is 0. The molecule has 1 aromatic rings. The van der Waals surface area contributed by atoms with Crippen LogP contribution in [0.15, 0.2) is 4.42 Å². The SMILES string of the molecule is CCCCc1o[c]nc1CC. The fraction of sp³-hybridized carbons (Fsp3) is 0.667. The van der Waals surface area contributed by atoms with Crippen molar-refractivity contribution in [2.24, 2.45) is 0 Å². The fourth-order valence-corrected chi connectivity index (χ4v) is 1.06. The van der Waals surface area contributed by atoms with Crippen LogP contribution >= 0.6 is 0 Å². The van der Waals surface area contributed by atoms with Gasteiger partial charge in [-0.25, -0.2) is 4.98 Å². The lowest BCUT2D eigenvalue weighted by Gasteiger charge is -1.95. The third-order valence-corrected chi connectivity index (χ3v) is 1.76. The molecule has 0 aliphatic rings. The molecule has 0 aliphatic carbocycles. The van der Waals surface area contributed by atoms with Gasteiger partial charge < -0.3 is 4.42 Å². The highest BCUT2D eigenvalue weighted by Crippen LogP contribution is 2.10. The van der Waals surface area contributed by atoms with Crippen LogP contribution in [0, 0.1) is 6.39 Å². The van der Waals surface area contributed by atoms with Crippen LogP contribution in [0.2, 0.25) is 0 Å². The Balaban J connectivity index is 2.54. The average molecular weight is 152 g/mol. The van der Waals surface area contributed by atoms with Crippen LogP contribution in [0.1, 0.15) is 38.1 Å². The second kappa shape index (κ2) is 4.16. The molecule has 0 spiro atoms. The Hall–Kier alpha value is -0.790. The molecular formula is C9H14NO. The first-order valence-electron chi connectivity index (χ1n) is 4.23. The zero-order valence-corrected chi connectivity index (χ0v) is 7.18. The number of aryl methyl sites for hydroxylation is 2. The highest BCUT2D eigenvalue weighted by atomic mass is 16.3. The van der Waals surface area contributed by atoms with E-state index in [2.05, 4.69) is 25.2 Å². The van der Waals surface area contributed by atoms with E-state index in [0.717, 1.165) is 24.3 Å². The maximum Gasteiger partial charge on any atom is 0.284 e. The van der Waals surface area contributed by atoms with Crippen molar-refractivity contribution in [2.45, 2.75) is 39.5 Å². The Kier molecular flexibility index (Phi) is 3.14. The minimum absolute atomic E-state index is 0.950. The Labute approximate surface area is 67.6 Å². The molecule has 0 atom stereocenters. The molecule has 2 heteroatoms. The van der Waals surface area contributed by atoms with Crippen LogP contribution in [-0.2, 0) is 12.8 Å². The van der Waals surface area contributed by atoms with Gasteiger partial charge in [-0.15, -0.1) is 0 Å². The van der Waals surface area contributed by atoms with Crippen molar-refractivity contribution in [3.8, 4) is 0 Å². The molecule has 1 heterocycles. The summed E-state index contributed by atoms with van der Waals surface area (Å²) in [6, 6.07) is 0. The standard InChI is InChI=1S/C9H14NO/c1-3-5-6-9-8(4-2)10-7-11-9/h3-6H2,1-2H3. The average Bonchev–Trinajstić information content (AvgIpc) is 2.47. The lowest BCUT2D eigenvalue weighted by atomic mass is 10.1. The summed E-state index contributed by atoms with van der Waals surface area (Å²) >= 11 is 0. The van der Waals surface area contributed by atoms with Crippen LogP contribution in [0.4, 0.5) is 0 Å². The van der Waals surface area contributed by atoms with Gasteiger partial charge in [-0.3, -0.25) is 0 Å². The summed E-state index contributed by atoms with van der Waals surface area (Å²) in [6.45, 7) is 4.26. The van der Waals surface area contributed by atoms with Crippen LogP contribution in [0.3, 0.4) is 0 Å². The van der Waals surface area contributed by atoms with E-state index in [1.807, 2.05) is 0 Å². The molecule has 61 valence electrons. The Bertz CT molecular complexity index is 205. The smallest absolute Gasteiger partial charge is 0.284 e. The fourth-order valence-electron chi connectivity index (χ4n) is 1.06. The number of hydrogen-bond donors (Lipinski definition) is 0. The molecule has 1 rings (SSSR count). The molecule has 0 aliphatic heterocycles. The zero-order chi connectivity index (χ0) is 8.10. The van der Waals surface area contributed by atoms with E-state index in [1.165, 1.54) is 12.8 Å². The quantitative estimate of drug-likeness (QED) is 0.662. The summed E-state index contributed by atoms with van der Waals surface area (Å²) in [5.74, 6) is 1.02. The van der Waals surface area contributed by atoms with E-state index >= 15 is 0 Å². The highest BCUT2D eigenvalue weighted by molar-refractivity contribution is 5.06. The molecule has 0 amide bonds. The molecule has 2 nitrogen and oxygen atoms in total. The van der Waals surface area contributed by atoms with Gasteiger partial charge in [0.1, 0.15) is 5.76 Å². The van der Waals surface area contributed by atoms with Crippen molar-refractivity contribution in [1.29, 1.82) is 0 Å². The number of nitrogens with zero attached hydrogens (tertiary/aromatic N) is 1. The van der Waals surface area contributed by atoms with E-state index < -0.39 is 0 Å². The Morgan fingerprint density at radius 3 is 2.91 bits per heavy atom. The van der Waals surface area contributed by atoms with E-state index in [9.17, 15) is 0 Å². The van der Waals surface area contributed by atoms with Gasteiger partial charge in [0.15, 0.2) is 0 Å². The lowest BCUT2D eigenvalue weighted by molar-refractivity contribution is 0.485. The van der Waals surface area contributed by atoms with Crippen LogP contribution in [-0.4, -0.2) is 4.98 Å². The molecule has 1 aromatic heterocycles. The van der Waals surface area contributed by atoms with Crippen LogP contribution < -0.4 is 0 Å². The zero-order valence-electron chi connectivity index (χ0n) is 7.18. The first kappa shape index (κ1) is 8.31. The van der Waals surface area contributed by atoms with Crippen LogP contribution in [0.25, 0.3) is 0 Å². The Morgan fingerprint density at radius 2 is 2.27 bits per heavy atom. The van der Waals surface area contributed by atoms with Gasteiger partial charge in [0.2, 0.25) is 0 Å². The molecule has 0 bridgehead atoms. The van der Waals surface area contributed by atoms with E-state index in [-0.39, 0.29) is 0 Å². The number of hydrogen-bond acceptors (Lipinski definition) is 2. The van der Waals surface area contributed by atoms with Crippen LogP contribution in [0.5, 0.6) is 0 Å². The van der Waals surface area contributed by atoms with Crippen molar-refractivity contribution in [1.82, 2.24) is 4.98 Å². The molecule has 0 N–H and O–H groups in total. The summed E-state index contributed by atoms with van der Waals surface area (Å²) in [5, 5.41) is 0. The van der Waals surface area contributed by atoms with Crippen molar-refractivity contribution in [3.63, 3.8) is 0 Å². The molecule has 0 unspecified atom stereocenters. The van der Waals surface area contributed by atoms with Crippen molar-refractivity contribution in [3.05, 3.63) is 17.8 Å².